The number of nitrogens with two attached hydrogens (primary N) is 1. The largest absolute Gasteiger partial charge is 0.444 e. The second-order valence-corrected chi connectivity index (χ2v) is 7.23. The Morgan fingerprint density at radius 3 is 2.52 bits per heavy atom. The van der Waals surface area contributed by atoms with Gasteiger partial charge in [-0.15, -0.1) is 11.3 Å². The van der Waals surface area contributed by atoms with Crippen LogP contribution in [0.5, 0.6) is 0 Å². The maximum atomic E-state index is 13.6. The van der Waals surface area contributed by atoms with Crippen molar-refractivity contribution in [1.29, 1.82) is 0 Å². The van der Waals surface area contributed by atoms with Gasteiger partial charge in [-0.2, -0.15) is 0 Å². The first-order valence-electron chi connectivity index (χ1n) is 6.56. The van der Waals surface area contributed by atoms with E-state index in [0.717, 1.165) is 11.3 Å². The number of ether oxygens (including phenoxy) is 1. The maximum absolute atomic E-state index is 13.6. The molecule has 1 saturated carbocycles. The lowest BCUT2D eigenvalue weighted by molar-refractivity contribution is 0.0635. The van der Waals surface area contributed by atoms with Gasteiger partial charge in [-0.05, 0) is 27.7 Å². The number of amides is 1. The molecule has 1 atom stereocenters. The summed E-state index contributed by atoms with van der Waals surface area (Å²) in [6.45, 7) is 6.70. The standard InChI is InChI=1S/C13H19F2N3O2S/c1-7-8(12(6-16)5-13(12,14)15)21-9(17-7)18-10(19)20-11(2,3)4/h5-6,16H2,1-4H3,(H,17,18,19). The van der Waals surface area contributed by atoms with E-state index in [1.54, 1.807) is 27.7 Å². The van der Waals surface area contributed by atoms with Crippen molar-refractivity contribution >= 4 is 22.6 Å². The maximum Gasteiger partial charge on any atom is 0.413 e. The summed E-state index contributed by atoms with van der Waals surface area (Å²) >= 11 is 1.03. The van der Waals surface area contributed by atoms with Crippen LogP contribution in [0.3, 0.4) is 0 Å². The summed E-state index contributed by atoms with van der Waals surface area (Å²) in [5.74, 6) is -2.80. The van der Waals surface area contributed by atoms with E-state index < -0.39 is 23.0 Å². The lowest BCUT2D eigenvalue weighted by Crippen LogP contribution is -2.27. The number of nitrogens with one attached hydrogen (secondary N) is 1. The van der Waals surface area contributed by atoms with Gasteiger partial charge in [-0.3, -0.25) is 5.32 Å². The molecule has 5 nitrogen and oxygen atoms in total. The molecule has 1 aliphatic carbocycles. The number of aryl methyl sites for hydroxylation is 1. The highest BCUT2D eigenvalue weighted by molar-refractivity contribution is 7.16. The SMILES string of the molecule is Cc1nc(NC(=O)OC(C)(C)C)sc1C1(CN)CC1(F)F. The molecule has 1 heterocycles. The summed E-state index contributed by atoms with van der Waals surface area (Å²) in [4.78, 5) is 16.2. The van der Waals surface area contributed by atoms with E-state index in [-0.39, 0.29) is 18.1 Å². The van der Waals surface area contributed by atoms with Gasteiger partial charge in [0.15, 0.2) is 5.13 Å². The Morgan fingerprint density at radius 2 is 2.10 bits per heavy atom. The van der Waals surface area contributed by atoms with Gasteiger partial charge >= 0.3 is 6.09 Å². The third-order valence-corrected chi connectivity index (χ3v) is 4.56. The Labute approximate surface area is 125 Å². The van der Waals surface area contributed by atoms with Crippen molar-refractivity contribution in [2.45, 2.75) is 51.1 Å². The number of aromatic nitrogens is 1. The van der Waals surface area contributed by atoms with Crippen LogP contribution in [-0.2, 0) is 10.2 Å². The molecule has 1 aliphatic rings. The topological polar surface area (TPSA) is 77.2 Å². The summed E-state index contributed by atoms with van der Waals surface area (Å²) in [7, 11) is 0. The van der Waals surface area contributed by atoms with E-state index in [2.05, 4.69) is 10.3 Å². The molecule has 0 bridgehead atoms. The smallest absolute Gasteiger partial charge is 0.413 e. The van der Waals surface area contributed by atoms with Crippen molar-refractivity contribution < 1.29 is 18.3 Å². The number of hydrogen-bond donors (Lipinski definition) is 2. The van der Waals surface area contributed by atoms with Gasteiger partial charge in [0.25, 0.3) is 5.92 Å². The van der Waals surface area contributed by atoms with Gasteiger partial charge in [-0.25, -0.2) is 18.6 Å². The first kappa shape index (κ1) is 16.1. The zero-order valence-corrected chi connectivity index (χ0v) is 13.2. The molecule has 0 saturated heterocycles. The van der Waals surface area contributed by atoms with E-state index in [9.17, 15) is 13.6 Å². The van der Waals surface area contributed by atoms with E-state index in [1.165, 1.54) is 0 Å². The van der Waals surface area contributed by atoms with E-state index in [1.807, 2.05) is 0 Å². The van der Waals surface area contributed by atoms with Crippen molar-refractivity contribution in [2.24, 2.45) is 5.73 Å². The minimum Gasteiger partial charge on any atom is -0.444 e. The third kappa shape index (κ3) is 3.01. The molecule has 118 valence electrons. The first-order valence-corrected chi connectivity index (χ1v) is 7.38. The highest BCUT2D eigenvalue weighted by atomic mass is 32.1. The van der Waals surface area contributed by atoms with Crippen LogP contribution in [0.4, 0.5) is 18.7 Å². The minimum absolute atomic E-state index is 0.144. The van der Waals surface area contributed by atoms with Gasteiger partial charge < -0.3 is 10.5 Å². The lowest BCUT2D eigenvalue weighted by atomic mass is 10.0. The zero-order valence-electron chi connectivity index (χ0n) is 12.4. The predicted octanol–water partition coefficient (Wildman–Crippen LogP) is 3.03. The van der Waals surface area contributed by atoms with Crippen molar-refractivity contribution in [3.05, 3.63) is 10.6 Å². The van der Waals surface area contributed by atoms with Crippen molar-refractivity contribution in [1.82, 2.24) is 4.98 Å². The van der Waals surface area contributed by atoms with Crippen LogP contribution in [0, 0.1) is 6.92 Å². The fraction of sp³-hybridized carbons (Fsp3) is 0.692. The van der Waals surface area contributed by atoms with Gasteiger partial charge in [0.2, 0.25) is 0 Å². The van der Waals surface area contributed by atoms with Crippen LogP contribution in [0.25, 0.3) is 0 Å². The Kier molecular flexibility index (Phi) is 3.74. The second kappa shape index (κ2) is 4.88. The highest BCUT2D eigenvalue weighted by Crippen LogP contribution is 2.62. The highest BCUT2D eigenvalue weighted by Gasteiger charge is 2.72. The molecule has 1 fully saturated rings. The van der Waals surface area contributed by atoms with Crippen LogP contribution in [0.1, 0.15) is 37.8 Å². The first-order chi connectivity index (χ1) is 9.51. The molecule has 1 aromatic rings. The van der Waals surface area contributed by atoms with E-state index in [0.29, 0.717) is 10.6 Å². The number of carbonyl (C=O) groups excluding carboxylic acids is 1. The number of nitrogens with zero attached hydrogens (tertiary/aromatic N) is 1. The average molecular weight is 319 g/mol. The molecule has 1 amide bonds. The summed E-state index contributed by atoms with van der Waals surface area (Å²) in [5, 5.41) is 2.71. The Hall–Kier alpha value is -1.28. The number of halogens is 2. The quantitative estimate of drug-likeness (QED) is 0.898. The van der Waals surface area contributed by atoms with Crippen LogP contribution in [-0.4, -0.2) is 29.1 Å². The molecule has 1 aromatic heterocycles. The summed E-state index contributed by atoms with van der Waals surface area (Å²) in [5.41, 5.74) is 4.02. The molecule has 0 radical (unpaired) electrons. The van der Waals surface area contributed by atoms with Crippen molar-refractivity contribution in [3.8, 4) is 0 Å². The number of alkyl halides is 2. The molecule has 0 spiro atoms. The van der Waals surface area contributed by atoms with Crippen LogP contribution in [0.2, 0.25) is 0 Å². The third-order valence-electron chi connectivity index (χ3n) is 3.29. The molecular formula is C13H19F2N3O2S. The number of anilines is 1. The van der Waals surface area contributed by atoms with Crippen molar-refractivity contribution in [3.63, 3.8) is 0 Å². The van der Waals surface area contributed by atoms with Crippen molar-refractivity contribution in [2.75, 3.05) is 11.9 Å². The summed E-state index contributed by atoms with van der Waals surface area (Å²) in [6, 6.07) is 0. The van der Waals surface area contributed by atoms with Gasteiger partial charge in [0.05, 0.1) is 11.1 Å². The van der Waals surface area contributed by atoms with Crippen LogP contribution < -0.4 is 11.1 Å². The lowest BCUT2D eigenvalue weighted by Gasteiger charge is -2.18. The van der Waals surface area contributed by atoms with Gasteiger partial charge in [0, 0.05) is 17.8 Å². The summed E-state index contributed by atoms with van der Waals surface area (Å²) < 4.78 is 32.3. The van der Waals surface area contributed by atoms with Gasteiger partial charge in [0.1, 0.15) is 5.60 Å². The molecule has 3 N–H and O–H groups in total. The van der Waals surface area contributed by atoms with Crippen LogP contribution in [0.15, 0.2) is 0 Å². The fourth-order valence-electron chi connectivity index (χ4n) is 2.18. The normalized spacial score (nSPS) is 23.8. The molecule has 1 unspecified atom stereocenters. The number of rotatable bonds is 3. The molecule has 2 rings (SSSR count). The molecule has 0 aromatic carbocycles. The van der Waals surface area contributed by atoms with E-state index >= 15 is 0 Å². The van der Waals surface area contributed by atoms with E-state index in [4.69, 9.17) is 10.5 Å². The van der Waals surface area contributed by atoms with Gasteiger partial charge in [-0.1, -0.05) is 0 Å². The Morgan fingerprint density at radius 1 is 1.52 bits per heavy atom. The Balaban J connectivity index is 2.16. The number of carbonyl (C=O) groups is 1. The number of thiazole rings is 1. The molecular weight excluding hydrogens is 300 g/mol. The fourth-order valence-corrected chi connectivity index (χ4v) is 3.38. The van der Waals surface area contributed by atoms with Crippen LogP contribution >= 0.6 is 11.3 Å². The zero-order chi connectivity index (χ0) is 16.1. The molecule has 8 heteroatoms. The second-order valence-electron chi connectivity index (χ2n) is 6.23. The molecule has 0 aliphatic heterocycles. The predicted molar refractivity (Wildman–Crippen MR) is 77.0 cm³/mol. The Bertz CT molecular complexity index is 568. The molecule has 21 heavy (non-hydrogen) atoms. The number of hydrogen-bond acceptors (Lipinski definition) is 5. The summed E-state index contributed by atoms with van der Waals surface area (Å²) in [6.07, 6.45) is -0.932. The monoisotopic (exact) mass is 319 g/mol. The minimum atomic E-state index is -2.80. The average Bonchev–Trinajstić information content (AvgIpc) is 2.66.